The molecule has 1 aliphatic heterocycles. The molecule has 2 rings (SSSR count). The lowest BCUT2D eigenvalue weighted by molar-refractivity contribution is 0.354. The highest BCUT2D eigenvalue weighted by Crippen LogP contribution is 2.29. The van der Waals surface area contributed by atoms with Crippen molar-refractivity contribution in [3.8, 4) is 0 Å². The monoisotopic (exact) mass is 268 g/mol. The molecular weight excluding hydrogens is 248 g/mol. The molecular formula is C13H20N2O2S. The molecule has 2 unspecified atom stereocenters. The molecule has 0 aliphatic carbocycles. The third kappa shape index (κ3) is 2.83. The summed E-state index contributed by atoms with van der Waals surface area (Å²) in [6.45, 7) is 6.16. The third-order valence-corrected chi connectivity index (χ3v) is 4.44. The molecule has 0 spiro atoms. The van der Waals surface area contributed by atoms with Crippen molar-refractivity contribution in [2.45, 2.75) is 25.2 Å². The van der Waals surface area contributed by atoms with E-state index in [4.69, 9.17) is 0 Å². The molecule has 1 aromatic rings. The second-order valence-electron chi connectivity index (χ2n) is 5.45. The molecule has 0 N–H and O–H groups in total. The maximum Gasteiger partial charge on any atom is 0.179 e. The van der Waals surface area contributed by atoms with Crippen LogP contribution in [-0.2, 0) is 9.84 Å². The number of aromatic nitrogens is 1. The summed E-state index contributed by atoms with van der Waals surface area (Å²) in [5, 5.41) is 0. The van der Waals surface area contributed by atoms with Gasteiger partial charge in [-0.3, -0.25) is 0 Å². The molecule has 2 heterocycles. The Morgan fingerprint density at radius 2 is 1.89 bits per heavy atom. The summed E-state index contributed by atoms with van der Waals surface area (Å²) < 4.78 is 23.6. The summed E-state index contributed by atoms with van der Waals surface area (Å²) in [5.74, 6) is 1.75. The van der Waals surface area contributed by atoms with Gasteiger partial charge >= 0.3 is 0 Å². The molecule has 0 bridgehead atoms. The second-order valence-corrected chi connectivity index (χ2v) is 7.43. The smallest absolute Gasteiger partial charge is 0.179 e. The van der Waals surface area contributed by atoms with Crippen molar-refractivity contribution in [1.82, 2.24) is 4.98 Å². The van der Waals surface area contributed by atoms with Crippen LogP contribution < -0.4 is 4.90 Å². The van der Waals surface area contributed by atoms with E-state index in [1.54, 1.807) is 18.3 Å². The van der Waals surface area contributed by atoms with Crippen molar-refractivity contribution >= 4 is 15.7 Å². The molecule has 2 atom stereocenters. The first-order valence-corrected chi connectivity index (χ1v) is 8.17. The van der Waals surface area contributed by atoms with Crippen LogP contribution in [0.1, 0.15) is 20.3 Å². The lowest BCUT2D eigenvalue weighted by atomic mass is 9.92. The van der Waals surface area contributed by atoms with Crippen LogP contribution in [0.5, 0.6) is 0 Å². The van der Waals surface area contributed by atoms with Crippen LogP contribution in [0.15, 0.2) is 23.2 Å². The fraction of sp³-hybridized carbons (Fsp3) is 0.615. The van der Waals surface area contributed by atoms with E-state index in [0.29, 0.717) is 22.5 Å². The van der Waals surface area contributed by atoms with E-state index in [9.17, 15) is 8.42 Å². The van der Waals surface area contributed by atoms with Gasteiger partial charge < -0.3 is 4.90 Å². The number of nitrogens with zero attached hydrogens (tertiary/aromatic N) is 2. The van der Waals surface area contributed by atoms with Crippen LogP contribution in [0.3, 0.4) is 0 Å². The zero-order chi connectivity index (χ0) is 13.3. The number of hydrogen-bond acceptors (Lipinski definition) is 4. The Morgan fingerprint density at radius 1 is 1.28 bits per heavy atom. The normalized spacial score (nSPS) is 25.2. The summed E-state index contributed by atoms with van der Waals surface area (Å²) in [7, 11) is -3.22. The number of hydrogen-bond donors (Lipinski definition) is 0. The average Bonchev–Trinajstić information content (AvgIpc) is 2.26. The van der Waals surface area contributed by atoms with E-state index >= 15 is 0 Å². The average molecular weight is 268 g/mol. The van der Waals surface area contributed by atoms with E-state index in [1.165, 1.54) is 12.7 Å². The number of rotatable bonds is 2. The molecule has 0 amide bonds. The van der Waals surface area contributed by atoms with Gasteiger partial charge in [-0.05, 0) is 30.4 Å². The minimum absolute atomic E-state index is 0.339. The molecule has 0 aromatic carbocycles. The predicted molar refractivity (Wildman–Crippen MR) is 72.5 cm³/mol. The first-order chi connectivity index (χ1) is 8.38. The highest BCUT2D eigenvalue weighted by atomic mass is 32.2. The third-order valence-electron chi connectivity index (χ3n) is 3.32. The maximum absolute atomic E-state index is 11.8. The molecule has 100 valence electrons. The first-order valence-electron chi connectivity index (χ1n) is 6.28. The summed E-state index contributed by atoms with van der Waals surface area (Å²) in [6, 6.07) is 3.32. The van der Waals surface area contributed by atoms with Crippen LogP contribution in [0, 0.1) is 11.8 Å². The van der Waals surface area contributed by atoms with E-state index in [0.717, 1.165) is 13.1 Å². The van der Waals surface area contributed by atoms with Gasteiger partial charge in [-0.25, -0.2) is 13.4 Å². The SMILES string of the molecule is CC1CC(C)CN(c2ncccc2S(C)(=O)=O)C1. The van der Waals surface area contributed by atoms with Gasteiger partial charge in [0.15, 0.2) is 9.84 Å². The maximum atomic E-state index is 11.8. The van der Waals surface area contributed by atoms with Gasteiger partial charge in [0.25, 0.3) is 0 Å². The quantitative estimate of drug-likeness (QED) is 0.823. The van der Waals surface area contributed by atoms with Gasteiger partial charge in [-0.2, -0.15) is 0 Å². The molecule has 1 fully saturated rings. The number of sulfone groups is 1. The Balaban J connectivity index is 2.39. The molecule has 18 heavy (non-hydrogen) atoms. The predicted octanol–water partition coefficient (Wildman–Crippen LogP) is 1.97. The molecule has 0 radical (unpaired) electrons. The number of pyridine rings is 1. The Morgan fingerprint density at radius 3 is 2.44 bits per heavy atom. The molecule has 5 heteroatoms. The van der Waals surface area contributed by atoms with Gasteiger partial charge in [0, 0.05) is 25.5 Å². The van der Waals surface area contributed by atoms with Gasteiger partial charge in [-0.1, -0.05) is 13.8 Å². The molecule has 0 saturated carbocycles. The topological polar surface area (TPSA) is 50.3 Å². The lowest BCUT2D eigenvalue weighted by Gasteiger charge is -2.36. The second kappa shape index (κ2) is 4.88. The molecule has 1 saturated heterocycles. The Bertz CT molecular complexity index is 518. The Kier molecular flexibility index (Phi) is 3.61. The number of piperidine rings is 1. The van der Waals surface area contributed by atoms with E-state index < -0.39 is 9.84 Å². The minimum Gasteiger partial charge on any atom is -0.355 e. The first kappa shape index (κ1) is 13.3. The zero-order valence-electron chi connectivity index (χ0n) is 11.1. The van der Waals surface area contributed by atoms with Gasteiger partial charge in [-0.15, -0.1) is 0 Å². The van der Waals surface area contributed by atoms with Crippen LogP contribution in [-0.4, -0.2) is 32.7 Å². The molecule has 1 aromatic heterocycles. The van der Waals surface area contributed by atoms with Crippen molar-refractivity contribution < 1.29 is 8.42 Å². The fourth-order valence-electron chi connectivity index (χ4n) is 2.75. The standard InChI is InChI=1S/C13H20N2O2S/c1-10-7-11(2)9-15(8-10)13-12(18(3,16)17)5-4-6-14-13/h4-6,10-11H,7-9H2,1-3H3. The van der Waals surface area contributed by atoms with E-state index in [1.807, 2.05) is 0 Å². The van der Waals surface area contributed by atoms with Crippen molar-refractivity contribution in [1.29, 1.82) is 0 Å². The van der Waals surface area contributed by atoms with Crippen molar-refractivity contribution in [3.63, 3.8) is 0 Å². The van der Waals surface area contributed by atoms with Gasteiger partial charge in [0.05, 0.1) is 0 Å². The Hall–Kier alpha value is -1.10. The largest absolute Gasteiger partial charge is 0.355 e. The highest BCUT2D eigenvalue weighted by molar-refractivity contribution is 7.90. The summed E-state index contributed by atoms with van der Waals surface area (Å²) in [6.07, 6.45) is 4.09. The molecule has 4 nitrogen and oxygen atoms in total. The summed E-state index contributed by atoms with van der Waals surface area (Å²) in [5.41, 5.74) is 0. The highest BCUT2D eigenvalue weighted by Gasteiger charge is 2.26. The number of anilines is 1. The van der Waals surface area contributed by atoms with Crippen molar-refractivity contribution in [2.24, 2.45) is 11.8 Å². The summed E-state index contributed by atoms with van der Waals surface area (Å²) in [4.78, 5) is 6.73. The van der Waals surface area contributed by atoms with Crippen LogP contribution in [0.4, 0.5) is 5.82 Å². The van der Waals surface area contributed by atoms with Crippen molar-refractivity contribution in [2.75, 3.05) is 24.2 Å². The lowest BCUT2D eigenvalue weighted by Crippen LogP contribution is -2.39. The van der Waals surface area contributed by atoms with E-state index in [2.05, 4.69) is 23.7 Å². The molecule has 1 aliphatic rings. The van der Waals surface area contributed by atoms with E-state index in [-0.39, 0.29) is 0 Å². The fourth-order valence-corrected chi connectivity index (χ4v) is 3.58. The van der Waals surface area contributed by atoms with Gasteiger partial charge in [0.1, 0.15) is 10.7 Å². The van der Waals surface area contributed by atoms with Crippen LogP contribution >= 0.6 is 0 Å². The minimum atomic E-state index is -3.22. The Labute approximate surface area is 109 Å². The summed E-state index contributed by atoms with van der Waals surface area (Å²) >= 11 is 0. The van der Waals surface area contributed by atoms with Crippen LogP contribution in [0.25, 0.3) is 0 Å². The zero-order valence-corrected chi connectivity index (χ0v) is 11.9. The van der Waals surface area contributed by atoms with Crippen LogP contribution in [0.2, 0.25) is 0 Å². The van der Waals surface area contributed by atoms with Gasteiger partial charge in [0.2, 0.25) is 0 Å². The van der Waals surface area contributed by atoms with Crippen molar-refractivity contribution in [3.05, 3.63) is 18.3 Å².